The van der Waals surface area contributed by atoms with Gasteiger partial charge in [0.05, 0.1) is 32.8 Å². The molecule has 0 spiro atoms. The Balaban J connectivity index is 1.59. The summed E-state index contributed by atoms with van der Waals surface area (Å²) < 4.78 is 15.1. The summed E-state index contributed by atoms with van der Waals surface area (Å²) >= 11 is 0. The van der Waals surface area contributed by atoms with Gasteiger partial charge < -0.3 is 19.1 Å². The SMILES string of the molecule is CCOC(=O)CCN(CC(=O)OCC)C(=O)CCCCCN(C(=O)OC)C1c2ccccc2-c2ccccc21. The van der Waals surface area contributed by atoms with Crippen molar-refractivity contribution in [1.82, 2.24) is 9.80 Å². The largest absolute Gasteiger partial charge is 0.466 e. The average Bonchev–Trinajstić information content (AvgIpc) is 3.27. The molecule has 0 saturated carbocycles. The molecule has 0 unspecified atom stereocenters. The van der Waals surface area contributed by atoms with E-state index in [0.29, 0.717) is 25.8 Å². The molecule has 9 heteroatoms. The Bertz CT molecular complexity index is 1100. The first-order valence-corrected chi connectivity index (χ1v) is 13.5. The molecule has 39 heavy (non-hydrogen) atoms. The second-order valence-corrected chi connectivity index (χ2v) is 9.23. The van der Waals surface area contributed by atoms with Crippen LogP contribution in [0.1, 0.15) is 63.1 Å². The van der Waals surface area contributed by atoms with E-state index in [2.05, 4.69) is 12.1 Å². The summed E-state index contributed by atoms with van der Waals surface area (Å²) in [6.45, 7) is 4.23. The lowest BCUT2D eigenvalue weighted by atomic mass is 10.0. The average molecular weight is 539 g/mol. The Morgan fingerprint density at radius 1 is 0.744 bits per heavy atom. The maximum absolute atomic E-state index is 12.9. The summed E-state index contributed by atoms with van der Waals surface area (Å²) in [5.74, 6) is -1.16. The van der Waals surface area contributed by atoms with E-state index in [-0.39, 0.29) is 51.1 Å². The second-order valence-electron chi connectivity index (χ2n) is 9.23. The number of esters is 2. The molecule has 9 nitrogen and oxygen atoms in total. The van der Waals surface area contributed by atoms with Crippen LogP contribution in [0, 0.1) is 0 Å². The smallest absolute Gasteiger partial charge is 0.410 e. The normalized spacial score (nSPS) is 11.8. The first-order chi connectivity index (χ1) is 18.9. The molecule has 0 fully saturated rings. The lowest BCUT2D eigenvalue weighted by Gasteiger charge is -2.29. The molecule has 3 rings (SSSR count). The van der Waals surface area contributed by atoms with Gasteiger partial charge in [-0.05, 0) is 48.9 Å². The van der Waals surface area contributed by atoms with E-state index in [1.165, 1.54) is 12.0 Å². The molecule has 2 aromatic carbocycles. The number of fused-ring (bicyclic) bond motifs is 3. The van der Waals surface area contributed by atoms with Crippen LogP contribution in [0.15, 0.2) is 48.5 Å². The Kier molecular flexibility index (Phi) is 11.3. The highest BCUT2D eigenvalue weighted by Crippen LogP contribution is 2.46. The minimum absolute atomic E-state index is 0.0113. The van der Waals surface area contributed by atoms with Crippen LogP contribution in [0.5, 0.6) is 0 Å². The molecule has 210 valence electrons. The molecular weight excluding hydrogens is 500 g/mol. The number of carbonyl (C=O) groups is 4. The van der Waals surface area contributed by atoms with Crippen molar-refractivity contribution in [3.8, 4) is 11.1 Å². The number of unbranched alkanes of at least 4 members (excludes halogenated alkanes) is 2. The monoisotopic (exact) mass is 538 g/mol. The van der Waals surface area contributed by atoms with Crippen molar-refractivity contribution in [3.63, 3.8) is 0 Å². The molecule has 0 bridgehead atoms. The number of rotatable bonds is 14. The second kappa shape index (κ2) is 14.9. The van der Waals surface area contributed by atoms with E-state index in [9.17, 15) is 19.2 Å². The van der Waals surface area contributed by atoms with Gasteiger partial charge in [0.2, 0.25) is 5.91 Å². The first-order valence-electron chi connectivity index (χ1n) is 13.5. The molecule has 1 aliphatic rings. The fourth-order valence-corrected chi connectivity index (χ4v) is 4.91. The molecule has 1 aliphatic carbocycles. The van der Waals surface area contributed by atoms with Crippen LogP contribution in [0.25, 0.3) is 11.1 Å². The quantitative estimate of drug-likeness (QED) is 0.195. The topological polar surface area (TPSA) is 102 Å². The van der Waals surface area contributed by atoms with Crippen LogP contribution in [0.3, 0.4) is 0 Å². The Labute approximate surface area is 230 Å². The standard InChI is InChI=1S/C30H38N2O7/c1-4-38-27(34)18-20-31(21-28(35)39-5-2)26(33)17-7-6-12-19-32(30(36)37-3)29-24-15-10-8-13-22(24)23-14-9-11-16-25(23)29/h8-11,13-16,29H,4-7,12,17-21H2,1-3H3. The van der Waals surface area contributed by atoms with E-state index >= 15 is 0 Å². The van der Waals surface area contributed by atoms with Crippen molar-refractivity contribution >= 4 is 23.9 Å². The number of hydrogen-bond acceptors (Lipinski definition) is 7. The maximum atomic E-state index is 12.9. The highest BCUT2D eigenvalue weighted by molar-refractivity contribution is 5.83. The van der Waals surface area contributed by atoms with E-state index in [4.69, 9.17) is 14.2 Å². The molecule has 0 atom stereocenters. The number of hydrogen-bond donors (Lipinski definition) is 0. The third-order valence-corrected chi connectivity index (χ3v) is 6.68. The lowest BCUT2D eigenvalue weighted by molar-refractivity contribution is -0.150. The highest BCUT2D eigenvalue weighted by Gasteiger charge is 2.35. The van der Waals surface area contributed by atoms with Crippen molar-refractivity contribution in [2.45, 2.75) is 52.0 Å². The van der Waals surface area contributed by atoms with Gasteiger partial charge in [-0.25, -0.2) is 4.79 Å². The Morgan fingerprint density at radius 3 is 1.92 bits per heavy atom. The van der Waals surface area contributed by atoms with Crippen LogP contribution in [-0.4, -0.2) is 73.7 Å². The van der Waals surface area contributed by atoms with Gasteiger partial charge in [0, 0.05) is 19.5 Å². The zero-order valence-electron chi connectivity index (χ0n) is 23.0. The fourth-order valence-electron chi connectivity index (χ4n) is 4.91. The van der Waals surface area contributed by atoms with Crippen molar-refractivity contribution in [3.05, 3.63) is 59.7 Å². The van der Waals surface area contributed by atoms with E-state index < -0.39 is 18.0 Å². The van der Waals surface area contributed by atoms with Crippen molar-refractivity contribution in [2.24, 2.45) is 0 Å². The third-order valence-electron chi connectivity index (χ3n) is 6.68. The summed E-state index contributed by atoms with van der Waals surface area (Å²) in [6.07, 6.45) is 1.77. The molecule has 0 saturated heterocycles. The van der Waals surface area contributed by atoms with Crippen LogP contribution in [0.4, 0.5) is 4.79 Å². The molecule has 2 amide bonds. The van der Waals surface area contributed by atoms with Gasteiger partial charge in [-0.1, -0.05) is 55.0 Å². The van der Waals surface area contributed by atoms with Gasteiger partial charge in [-0.2, -0.15) is 0 Å². The van der Waals surface area contributed by atoms with Gasteiger partial charge >= 0.3 is 18.0 Å². The predicted molar refractivity (Wildman–Crippen MR) is 146 cm³/mol. The van der Waals surface area contributed by atoms with Gasteiger partial charge in [0.1, 0.15) is 6.54 Å². The van der Waals surface area contributed by atoms with Crippen LogP contribution in [0.2, 0.25) is 0 Å². The van der Waals surface area contributed by atoms with Crippen molar-refractivity contribution in [1.29, 1.82) is 0 Å². The summed E-state index contributed by atoms with van der Waals surface area (Å²) in [5.41, 5.74) is 4.36. The van der Waals surface area contributed by atoms with Gasteiger partial charge in [0.15, 0.2) is 0 Å². The molecular formula is C30H38N2O7. The Hall–Kier alpha value is -3.88. The van der Waals surface area contributed by atoms with Gasteiger partial charge in [-0.3, -0.25) is 19.3 Å². The van der Waals surface area contributed by atoms with Crippen LogP contribution >= 0.6 is 0 Å². The van der Waals surface area contributed by atoms with E-state index in [1.807, 2.05) is 36.4 Å². The van der Waals surface area contributed by atoms with Gasteiger partial charge in [0.25, 0.3) is 0 Å². The molecule has 0 heterocycles. The molecule has 0 aromatic heterocycles. The van der Waals surface area contributed by atoms with E-state index in [0.717, 1.165) is 22.3 Å². The van der Waals surface area contributed by atoms with Crippen molar-refractivity contribution < 1.29 is 33.4 Å². The zero-order chi connectivity index (χ0) is 28.2. The number of amides is 2. The van der Waals surface area contributed by atoms with Crippen LogP contribution in [-0.2, 0) is 28.6 Å². The maximum Gasteiger partial charge on any atom is 0.410 e. The van der Waals surface area contributed by atoms with Crippen molar-refractivity contribution in [2.75, 3.05) is 40.0 Å². The Morgan fingerprint density at radius 2 is 1.33 bits per heavy atom. The minimum atomic E-state index is -0.513. The number of carbonyl (C=O) groups excluding carboxylic acids is 4. The molecule has 0 radical (unpaired) electrons. The molecule has 2 aromatic rings. The molecule has 0 N–H and O–H groups in total. The predicted octanol–water partition coefficient (Wildman–Crippen LogP) is 4.73. The highest BCUT2D eigenvalue weighted by atomic mass is 16.5. The summed E-state index contributed by atoms with van der Waals surface area (Å²) in [5, 5.41) is 0. The molecule has 0 aliphatic heterocycles. The minimum Gasteiger partial charge on any atom is -0.466 e. The van der Waals surface area contributed by atoms with Crippen LogP contribution < -0.4 is 0 Å². The first kappa shape index (κ1) is 29.7. The summed E-state index contributed by atoms with van der Waals surface area (Å²) in [7, 11) is 1.38. The van der Waals surface area contributed by atoms with Gasteiger partial charge in [-0.15, -0.1) is 0 Å². The fraction of sp³-hybridized carbons (Fsp3) is 0.467. The number of methoxy groups -OCH3 is 1. The number of benzene rings is 2. The zero-order valence-corrected chi connectivity index (χ0v) is 23.0. The lowest BCUT2D eigenvalue weighted by Crippen LogP contribution is -2.38. The number of ether oxygens (including phenoxy) is 3. The summed E-state index contributed by atoms with van der Waals surface area (Å²) in [4.78, 5) is 52.6. The summed E-state index contributed by atoms with van der Waals surface area (Å²) in [6, 6.07) is 15.9. The number of nitrogens with zero attached hydrogens (tertiary/aromatic N) is 2. The third kappa shape index (κ3) is 7.81. The van der Waals surface area contributed by atoms with E-state index in [1.54, 1.807) is 18.7 Å².